The van der Waals surface area contributed by atoms with Crippen molar-refractivity contribution in [3.8, 4) is 0 Å². The first-order chi connectivity index (χ1) is 9.58. The van der Waals surface area contributed by atoms with Gasteiger partial charge in [0.05, 0.1) is 23.3 Å². The molecule has 0 aliphatic heterocycles. The minimum Gasteiger partial charge on any atom is -0.388 e. The molecule has 3 N–H and O–H groups in total. The van der Waals surface area contributed by atoms with Gasteiger partial charge in [-0.2, -0.15) is 5.10 Å². The molecule has 0 amide bonds. The minimum atomic E-state index is -0.709. The van der Waals surface area contributed by atoms with E-state index in [9.17, 15) is 5.11 Å². The lowest BCUT2D eigenvalue weighted by Gasteiger charge is -2.10. The number of nitrogen functional groups attached to an aromatic ring is 1. The fourth-order valence-corrected chi connectivity index (χ4v) is 2.38. The van der Waals surface area contributed by atoms with E-state index in [1.165, 1.54) is 0 Å². The largest absolute Gasteiger partial charge is 0.388 e. The van der Waals surface area contributed by atoms with Crippen LogP contribution in [0.5, 0.6) is 0 Å². The summed E-state index contributed by atoms with van der Waals surface area (Å²) in [4.78, 5) is 4.55. The zero-order chi connectivity index (χ0) is 14.3. The third-order valence-corrected chi connectivity index (χ3v) is 3.63. The van der Waals surface area contributed by atoms with Gasteiger partial charge in [0.2, 0.25) is 0 Å². The normalized spacial score (nSPS) is 12.9. The highest BCUT2D eigenvalue weighted by atomic mass is 16.3. The molecule has 1 unspecified atom stereocenters. The Balaban J connectivity index is 1.93. The summed E-state index contributed by atoms with van der Waals surface area (Å²) >= 11 is 0. The van der Waals surface area contributed by atoms with E-state index in [4.69, 9.17) is 5.73 Å². The summed E-state index contributed by atoms with van der Waals surface area (Å²) in [5.74, 6) is 1.30. The lowest BCUT2D eigenvalue weighted by atomic mass is 10.1. The van der Waals surface area contributed by atoms with Gasteiger partial charge >= 0.3 is 0 Å². The minimum absolute atomic E-state index is 0.404. The molecular formula is C14H17N5O. The summed E-state index contributed by atoms with van der Waals surface area (Å²) in [5.41, 5.74) is 8.50. The highest BCUT2D eigenvalue weighted by Crippen LogP contribution is 2.24. The smallest absolute Gasteiger partial charge is 0.127 e. The molecule has 0 aliphatic rings. The van der Waals surface area contributed by atoms with E-state index in [0.717, 1.165) is 16.9 Å². The maximum atomic E-state index is 10.3. The summed E-state index contributed by atoms with van der Waals surface area (Å²) in [7, 11) is 3.70. The van der Waals surface area contributed by atoms with Crippen LogP contribution in [0.2, 0.25) is 0 Å². The Labute approximate surface area is 116 Å². The van der Waals surface area contributed by atoms with Crippen molar-refractivity contribution in [3.63, 3.8) is 0 Å². The van der Waals surface area contributed by atoms with Crippen molar-refractivity contribution in [1.29, 1.82) is 0 Å². The van der Waals surface area contributed by atoms with Crippen molar-refractivity contribution < 1.29 is 5.11 Å². The Morgan fingerprint density at radius 3 is 2.70 bits per heavy atom. The van der Waals surface area contributed by atoms with E-state index in [1.54, 1.807) is 17.9 Å². The summed E-state index contributed by atoms with van der Waals surface area (Å²) in [6.45, 7) is 0. The van der Waals surface area contributed by atoms with Crippen molar-refractivity contribution >= 4 is 16.9 Å². The molecule has 0 fully saturated rings. The Kier molecular flexibility index (Phi) is 2.94. The molecule has 2 heterocycles. The molecule has 1 aromatic carbocycles. The van der Waals surface area contributed by atoms with E-state index in [2.05, 4.69) is 10.1 Å². The van der Waals surface area contributed by atoms with Crippen LogP contribution in [0.4, 0.5) is 5.82 Å². The number of aryl methyl sites for hydroxylation is 2. The maximum absolute atomic E-state index is 10.3. The van der Waals surface area contributed by atoms with Crippen LogP contribution in [0.25, 0.3) is 11.0 Å². The van der Waals surface area contributed by atoms with Crippen LogP contribution in [0.15, 0.2) is 30.5 Å². The summed E-state index contributed by atoms with van der Waals surface area (Å²) in [5, 5.41) is 14.4. The standard InChI is InChI=1S/C14H17N5O/c1-18-11-6-4-3-5-10(11)17-13(18)7-12(20)9-8-16-19(2)14(9)15/h3-6,8,12,20H,7,15H2,1-2H3. The summed E-state index contributed by atoms with van der Waals surface area (Å²) < 4.78 is 3.54. The number of aromatic nitrogens is 4. The Morgan fingerprint density at radius 2 is 2.05 bits per heavy atom. The number of aliphatic hydroxyl groups excluding tert-OH is 1. The van der Waals surface area contributed by atoms with Gasteiger partial charge in [-0.15, -0.1) is 0 Å². The van der Waals surface area contributed by atoms with E-state index < -0.39 is 6.10 Å². The Hall–Kier alpha value is -2.34. The number of rotatable bonds is 3. The predicted molar refractivity (Wildman–Crippen MR) is 77.0 cm³/mol. The van der Waals surface area contributed by atoms with E-state index in [0.29, 0.717) is 17.8 Å². The molecule has 3 rings (SSSR count). The molecule has 6 nitrogen and oxygen atoms in total. The van der Waals surface area contributed by atoms with Crippen LogP contribution in [-0.4, -0.2) is 24.4 Å². The number of anilines is 1. The lowest BCUT2D eigenvalue weighted by Crippen LogP contribution is -2.09. The number of hydrogen-bond donors (Lipinski definition) is 2. The second-order valence-corrected chi connectivity index (χ2v) is 4.90. The second kappa shape index (κ2) is 4.64. The highest BCUT2D eigenvalue weighted by molar-refractivity contribution is 5.75. The third kappa shape index (κ3) is 1.94. The number of para-hydroxylation sites is 2. The number of hydrogen-bond acceptors (Lipinski definition) is 4. The lowest BCUT2D eigenvalue weighted by molar-refractivity contribution is 0.175. The summed E-state index contributed by atoms with van der Waals surface area (Å²) in [6, 6.07) is 7.90. The quantitative estimate of drug-likeness (QED) is 0.749. The van der Waals surface area contributed by atoms with E-state index in [1.807, 2.05) is 35.9 Å². The first-order valence-electron chi connectivity index (χ1n) is 6.43. The average Bonchev–Trinajstić information content (AvgIpc) is 2.93. The molecule has 0 saturated carbocycles. The maximum Gasteiger partial charge on any atom is 0.127 e. The molecule has 0 bridgehead atoms. The molecule has 0 saturated heterocycles. The monoisotopic (exact) mass is 271 g/mol. The number of fused-ring (bicyclic) bond motifs is 1. The predicted octanol–water partition coefficient (Wildman–Crippen LogP) is 1.17. The molecule has 20 heavy (non-hydrogen) atoms. The van der Waals surface area contributed by atoms with Gasteiger partial charge in [-0.25, -0.2) is 4.98 Å². The van der Waals surface area contributed by atoms with Crippen LogP contribution >= 0.6 is 0 Å². The van der Waals surface area contributed by atoms with Crippen LogP contribution in [-0.2, 0) is 20.5 Å². The number of imidazole rings is 1. The topological polar surface area (TPSA) is 81.9 Å². The van der Waals surface area contributed by atoms with Crippen LogP contribution in [0.1, 0.15) is 17.5 Å². The van der Waals surface area contributed by atoms with Gasteiger partial charge < -0.3 is 15.4 Å². The molecular weight excluding hydrogens is 254 g/mol. The second-order valence-electron chi connectivity index (χ2n) is 4.90. The van der Waals surface area contributed by atoms with Crippen LogP contribution < -0.4 is 5.73 Å². The van der Waals surface area contributed by atoms with Crippen molar-refractivity contribution in [3.05, 3.63) is 41.9 Å². The SMILES string of the molecule is Cn1ncc(C(O)Cc2nc3ccccc3n2C)c1N. The molecule has 6 heteroatoms. The first kappa shape index (κ1) is 12.7. The fraction of sp³-hybridized carbons (Fsp3) is 0.286. The van der Waals surface area contributed by atoms with Gasteiger partial charge in [0, 0.05) is 26.1 Å². The Morgan fingerprint density at radius 1 is 1.30 bits per heavy atom. The van der Waals surface area contributed by atoms with Crippen molar-refractivity contribution in [1.82, 2.24) is 19.3 Å². The molecule has 104 valence electrons. The number of aliphatic hydroxyl groups is 1. The van der Waals surface area contributed by atoms with Gasteiger partial charge in [-0.05, 0) is 12.1 Å². The van der Waals surface area contributed by atoms with Gasteiger partial charge in [-0.1, -0.05) is 12.1 Å². The molecule has 0 spiro atoms. The summed E-state index contributed by atoms with van der Waals surface area (Å²) in [6.07, 6.45) is 1.29. The third-order valence-electron chi connectivity index (χ3n) is 3.63. The van der Waals surface area contributed by atoms with Crippen molar-refractivity contribution in [2.75, 3.05) is 5.73 Å². The molecule has 0 aliphatic carbocycles. The molecule has 2 aromatic heterocycles. The van der Waals surface area contributed by atoms with Crippen LogP contribution in [0.3, 0.4) is 0 Å². The van der Waals surface area contributed by atoms with Gasteiger partial charge in [0.25, 0.3) is 0 Å². The van der Waals surface area contributed by atoms with Crippen molar-refractivity contribution in [2.24, 2.45) is 14.1 Å². The zero-order valence-electron chi connectivity index (χ0n) is 11.5. The Bertz CT molecular complexity index is 758. The molecule has 3 aromatic rings. The highest BCUT2D eigenvalue weighted by Gasteiger charge is 2.18. The average molecular weight is 271 g/mol. The molecule has 1 atom stereocenters. The van der Waals surface area contributed by atoms with Gasteiger partial charge in [-0.3, -0.25) is 4.68 Å². The van der Waals surface area contributed by atoms with Gasteiger partial charge in [0.15, 0.2) is 0 Å². The zero-order valence-corrected chi connectivity index (χ0v) is 11.5. The fourth-order valence-electron chi connectivity index (χ4n) is 2.38. The van der Waals surface area contributed by atoms with E-state index in [-0.39, 0.29) is 0 Å². The van der Waals surface area contributed by atoms with Crippen molar-refractivity contribution in [2.45, 2.75) is 12.5 Å². The van der Waals surface area contributed by atoms with E-state index >= 15 is 0 Å². The molecule has 0 radical (unpaired) electrons. The first-order valence-corrected chi connectivity index (χ1v) is 6.43. The number of benzene rings is 1. The number of nitrogens with two attached hydrogens (primary N) is 1. The number of nitrogens with zero attached hydrogens (tertiary/aromatic N) is 4. The van der Waals surface area contributed by atoms with Gasteiger partial charge in [0.1, 0.15) is 11.6 Å². The van der Waals surface area contributed by atoms with Crippen LogP contribution in [0, 0.1) is 0 Å².